The van der Waals surface area contributed by atoms with Gasteiger partial charge in [-0.3, -0.25) is 9.78 Å². The second-order valence-corrected chi connectivity index (χ2v) is 4.97. The van der Waals surface area contributed by atoms with Gasteiger partial charge in [0.25, 0.3) is 5.56 Å². The van der Waals surface area contributed by atoms with E-state index < -0.39 is 16.7 Å². The zero-order valence-corrected chi connectivity index (χ0v) is 9.93. The Morgan fingerprint density at radius 2 is 1.89 bits per heavy atom. The quantitative estimate of drug-likeness (QED) is 0.740. The summed E-state index contributed by atoms with van der Waals surface area (Å²) in [7, 11) is 0. The zero-order valence-electron chi connectivity index (χ0n) is 9.93. The zero-order chi connectivity index (χ0) is 13.1. The van der Waals surface area contributed by atoms with Gasteiger partial charge in [-0.1, -0.05) is 19.9 Å². The molecule has 2 N–H and O–H groups in total. The number of nitrogens with one attached hydrogen (secondary N) is 2. The topological polar surface area (TPSA) is 65.7 Å². The lowest BCUT2D eigenvalue weighted by Crippen LogP contribution is -2.28. The first kappa shape index (κ1) is 11.0. The summed E-state index contributed by atoms with van der Waals surface area (Å²) >= 11 is 0. The number of hydrogen-bond donors (Lipinski definition) is 2. The van der Waals surface area contributed by atoms with Crippen molar-refractivity contribution < 1.29 is 4.39 Å². The van der Waals surface area contributed by atoms with Crippen LogP contribution in [0.25, 0.3) is 11.1 Å². The van der Waals surface area contributed by atoms with E-state index in [9.17, 15) is 14.0 Å². The summed E-state index contributed by atoms with van der Waals surface area (Å²) in [4.78, 5) is 28.1. The molecule has 0 bridgehead atoms. The van der Waals surface area contributed by atoms with Gasteiger partial charge < -0.3 is 4.98 Å². The van der Waals surface area contributed by atoms with Gasteiger partial charge in [0, 0.05) is 11.1 Å². The highest BCUT2D eigenvalue weighted by atomic mass is 19.1. The smallest absolute Gasteiger partial charge is 0.310 e. The van der Waals surface area contributed by atoms with Gasteiger partial charge in [-0.05, 0) is 23.3 Å². The second kappa shape index (κ2) is 3.19. The Kier molecular flexibility index (Phi) is 1.94. The minimum Gasteiger partial charge on any atom is -0.310 e. The fourth-order valence-electron chi connectivity index (χ4n) is 2.60. The molecule has 1 aliphatic rings. The van der Waals surface area contributed by atoms with Crippen LogP contribution in [-0.2, 0) is 5.41 Å². The maximum Gasteiger partial charge on any atom is 0.325 e. The number of hydrogen-bond acceptors (Lipinski definition) is 2. The summed E-state index contributed by atoms with van der Waals surface area (Å²) in [6.07, 6.45) is 0. The molecule has 1 aliphatic carbocycles. The van der Waals surface area contributed by atoms with Crippen LogP contribution in [0.1, 0.15) is 25.1 Å². The van der Waals surface area contributed by atoms with Gasteiger partial charge in [-0.25, -0.2) is 9.18 Å². The van der Waals surface area contributed by atoms with E-state index in [0.717, 1.165) is 0 Å². The Morgan fingerprint density at radius 3 is 2.61 bits per heavy atom. The van der Waals surface area contributed by atoms with E-state index in [1.54, 1.807) is 6.07 Å². The predicted octanol–water partition coefficient (Wildman–Crippen LogP) is 1.51. The van der Waals surface area contributed by atoms with E-state index in [0.29, 0.717) is 22.4 Å². The number of rotatable bonds is 0. The summed E-state index contributed by atoms with van der Waals surface area (Å²) in [6, 6.07) is 4.30. The molecule has 0 spiro atoms. The minimum absolute atomic E-state index is 0.353. The summed E-state index contributed by atoms with van der Waals surface area (Å²) in [6.45, 7) is 3.71. The standard InChI is InChI=1S/C13H11FN2O2/c1-13(2)8-5-6(14)3-4-7(8)9-10(13)15-12(18)16-11(9)17/h3-5H,1-2H3,(H2,15,16,17,18). The molecule has 3 rings (SSSR count). The van der Waals surface area contributed by atoms with Crippen LogP contribution >= 0.6 is 0 Å². The number of H-pyrrole nitrogens is 2. The van der Waals surface area contributed by atoms with Crippen molar-refractivity contribution in [2.24, 2.45) is 0 Å². The molecule has 2 aromatic rings. The van der Waals surface area contributed by atoms with Gasteiger partial charge >= 0.3 is 5.69 Å². The van der Waals surface area contributed by atoms with E-state index in [-0.39, 0.29) is 5.82 Å². The van der Waals surface area contributed by atoms with Crippen LogP contribution in [0.15, 0.2) is 27.8 Å². The SMILES string of the molecule is CC1(C)c2cc(F)ccc2-c2c1[nH]c(=O)[nH]c2=O. The summed E-state index contributed by atoms with van der Waals surface area (Å²) < 4.78 is 13.4. The Morgan fingerprint density at radius 1 is 1.17 bits per heavy atom. The van der Waals surface area contributed by atoms with Gasteiger partial charge in [0.05, 0.1) is 5.56 Å². The molecule has 0 unspecified atom stereocenters. The molecule has 0 saturated carbocycles. The van der Waals surface area contributed by atoms with Crippen molar-refractivity contribution in [2.45, 2.75) is 19.3 Å². The summed E-state index contributed by atoms with van der Waals surface area (Å²) in [5.41, 5.74) is 0.790. The van der Waals surface area contributed by atoms with Gasteiger partial charge in [-0.2, -0.15) is 0 Å². The average Bonchev–Trinajstić information content (AvgIpc) is 2.49. The Labute approximate surface area is 102 Å². The Bertz CT molecular complexity index is 771. The molecule has 0 fully saturated rings. The molecule has 5 heteroatoms. The third-order valence-corrected chi connectivity index (χ3v) is 3.49. The van der Waals surface area contributed by atoms with E-state index in [2.05, 4.69) is 9.97 Å². The highest BCUT2D eigenvalue weighted by Crippen LogP contribution is 2.45. The highest BCUT2D eigenvalue weighted by molar-refractivity contribution is 5.78. The van der Waals surface area contributed by atoms with Crippen LogP contribution in [0.2, 0.25) is 0 Å². The minimum atomic E-state index is -0.583. The fraction of sp³-hybridized carbons (Fsp3) is 0.231. The van der Waals surface area contributed by atoms with Gasteiger partial charge in [0.15, 0.2) is 0 Å². The number of fused-ring (bicyclic) bond motifs is 3. The van der Waals surface area contributed by atoms with Crippen LogP contribution < -0.4 is 11.2 Å². The lowest BCUT2D eigenvalue weighted by molar-refractivity contribution is 0.600. The first-order valence-corrected chi connectivity index (χ1v) is 5.59. The van der Waals surface area contributed by atoms with Crippen LogP contribution in [0.5, 0.6) is 0 Å². The van der Waals surface area contributed by atoms with E-state index >= 15 is 0 Å². The van der Waals surface area contributed by atoms with Crippen molar-refractivity contribution in [1.29, 1.82) is 0 Å². The highest BCUT2D eigenvalue weighted by Gasteiger charge is 2.38. The van der Waals surface area contributed by atoms with Crippen molar-refractivity contribution in [2.75, 3.05) is 0 Å². The molecule has 0 atom stereocenters. The summed E-state index contributed by atoms with van der Waals surface area (Å²) in [5.74, 6) is -0.353. The Balaban J connectivity index is 2.50. The molecule has 0 amide bonds. The van der Waals surface area contributed by atoms with Crippen LogP contribution in [0.4, 0.5) is 4.39 Å². The van der Waals surface area contributed by atoms with E-state index in [1.807, 2.05) is 13.8 Å². The first-order valence-electron chi connectivity index (χ1n) is 5.59. The Hall–Kier alpha value is -2.17. The maximum atomic E-state index is 13.4. The van der Waals surface area contributed by atoms with Crippen LogP contribution in [0, 0.1) is 5.82 Å². The number of aromatic nitrogens is 2. The van der Waals surface area contributed by atoms with Gasteiger partial charge in [-0.15, -0.1) is 0 Å². The third kappa shape index (κ3) is 1.24. The van der Waals surface area contributed by atoms with Gasteiger partial charge in [0.2, 0.25) is 0 Å². The van der Waals surface area contributed by atoms with Gasteiger partial charge in [0.1, 0.15) is 5.82 Å². The average molecular weight is 246 g/mol. The fourth-order valence-corrected chi connectivity index (χ4v) is 2.60. The molecule has 1 aromatic carbocycles. The molecule has 4 nitrogen and oxygen atoms in total. The lowest BCUT2D eigenvalue weighted by Gasteiger charge is -2.20. The molecule has 18 heavy (non-hydrogen) atoms. The molecule has 1 heterocycles. The molecule has 0 radical (unpaired) electrons. The molecule has 92 valence electrons. The lowest BCUT2D eigenvalue weighted by atomic mass is 9.85. The van der Waals surface area contributed by atoms with Crippen molar-refractivity contribution in [3.63, 3.8) is 0 Å². The largest absolute Gasteiger partial charge is 0.325 e. The molecule has 0 aliphatic heterocycles. The van der Waals surface area contributed by atoms with Crippen molar-refractivity contribution in [3.05, 3.63) is 56.1 Å². The molecule has 0 saturated heterocycles. The van der Waals surface area contributed by atoms with E-state index in [1.165, 1.54) is 12.1 Å². The normalized spacial score (nSPS) is 15.3. The summed E-state index contributed by atoms with van der Waals surface area (Å²) in [5, 5.41) is 0. The maximum absolute atomic E-state index is 13.4. The van der Waals surface area contributed by atoms with Crippen molar-refractivity contribution in [3.8, 4) is 11.1 Å². The molecule has 1 aromatic heterocycles. The van der Waals surface area contributed by atoms with Crippen LogP contribution in [0.3, 0.4) is 0 Å². The first-order chi connectivity index (χ1) is 8.41. The number of halogens is 1. The van der Waals surface area contributed by atoms with Crippen molar-refractivity contribution >= 4 is 0 Å². The number of aromatic amines is 2. The molecular weight excluding hydrogens is 235 g/mol. The predicted molar refractivity (Wildman–Crippen MR) is 65.2 cm³/mol. The number of benzene rings is 1. The monoisotopic (exact) mass is 246 g/mol. The molecular formula is C13H11FN2O2. The van der Waals surface area contributed by atoms with Crippen molar-refractivity contribution in [1.82, 2.24) is 9.97 Å². The third-order valence-electron chi connectivity index (χ3n) is 3.49. The van der Waals surface area contributed by atoms with Crippen LogP contribution in [-0.4, -0.2) is 9.97 Å². The second-order valence-electron chi connectivity index (χ2n) is 4.97. The van der Waals surface area contributed by atoms with E-state index in [4.69, 9.17) is 0 Å².